The second-order valence-corrected chi connectivity index (χ2v) is 5.04. The standard InChI is InChI=1S/C10H19N/c1-9(2)7-10(9)5-3-4-8(10)6-11/h8H,3-7,11H2,1-2H3. The topological polar surface area (TPSA) is 26.0 Å². The van der Waals surface area contributed by atoms with Crippen LogP contribution in [0.5, 0.6) is 0 Å². The van der Waals surface area contributed by atoms with Gasteiger partial charge in [0.15, 0.2) is 0 Å². The van der Waals surface area contributed by atoms with E-state index in [1.54, 1.807) is 0 Å². The lowest BCUT2D eigenvalue weighted by atomic mass is 9.85. The van der Waals surface area contributed by atoms with Crippen molar-refractivity contribution in [2.75, 3.05) is 6.54 Å². The van der Waals surface area contributed by atoms with Crippen molar-refractivity contribution in [3.8, 4) is 0 Å². The van der Waals surface area contributed by atoms with E-state index in [-0.39, 0.29) is 0 Å². The van der Waals surface area contributed by atoms with Gasteiger partial charge in [0.1, 0.15) is 0 Å². The van der Waals surface area contributed by atoms with E-state index in [0.29, 0.717) is 10.8 Å². The van der Waals surface area contributed by atoms with Gasteiger partial charge in [0.25, 0.3) is 0 Å². The van der Waals surface area contributed by atoms with Gasteiger partial charge in [-0.15, -0.1) is 0 Å². The largest absolute Gasteiger partial charge is 0.330 e. The highest BCUT2D eigenvalue weighted by molar-refractivity contribution is 5.14. The maximum Gasteiger partial charge on any atom is -0.00433 e. The molecule has 64 valence electrons. The first-order chi connectivity index (χ1) is 5.12. The highest BCUT2D eigenvalue weighted by Gasteiger charge is 2.65. The van der Waals surface area contributed by atoms with E-state index in [9.17, 15) is 0 Å². The maximum absolute atomic E-state index is 5.77. The molecule has 11 heavy (non-hydrogen) atoms. The van der Waals surface area contributed by atoms with E-state index in [0.717, 1.165) is 12.5 Å². The van der Waals surface area contributed by atoms with Crippen molar-refractivity contribution >= 4 is 0 Å². The molecule has 1 spiro atoms. The molecule has 0 bridgehead atoms. The Morgan fingerprint density at radius 2 is 2.09 bits per heavy atom. The molecule has 2 fully saturated rings. The molecule has 1 heteroatoms. The summed E-state index contributed by atoms with van der Waals surface area (Å²) in [4.78, 5) is 0. The molecule has 0 saturated heterocycles. The lowest BCUT2D eigenvalue weighted by Crippen LogP contribution is -2.23. The van der Waals surface area contributed by atoms with Crippen LogP contribution in [0.4, 0.5) is 0 Å². The Kier molecular flexibility index (Phi) is 1.39. The van der Waals surface area contributed by atoms with E-state index >= 15 is 0 Å². The molecule has 0 heterocycles. The molecule has 0 aromatic heterocycles. The summed E-state index contributed by atoms with van der Waals surface area (Å²) in [5.41, 5.74) is 7.07. The molecule has 2 rings (SSSR count). The van der Waals surface area contributed by atoms with Gasteiger partial charge in [0.05, 0.1) is 0 Å². The predicted octanol–water partition coefficient (Wildman–Crippen LogP) is 2.16. The summed E-state index contributed by atoms with van der Waals surface area (Å²) in [5, 5.41) is 0. The van der Waals surface area contributed by atoms with Crippen molar-refractivity contribution in [3.63, 3.8) is 0 Å². The molecule has 0 radical (unpaired) electrons. The molecule has 0 amide bonds. The van der Waals surface area contributed by atoms with E-state index in [2.05, 4.69) is 13.8 Å². The third kappa shape index (κ3) is 0.807. The Balaban J connectivity index is 2.15. The Hall–Kier alpha value is -0.0400. The Labute approximate surface area is 69.4 Å². The van der Waals surface area contributed by atoms with Crippen LogP contribution in [0.15, 0.2) is 0 Å². The van der Waals surface area contributed by atoms with Gasteiger partial charge in [-0.3, -0.25) is 0 Å². The fraction of sp³-hybridized carbons (Fsp3) is 1.00. The molecule has 2 saturated carbocycles. The van der Waals surface area contributed by atoms with E-state index in [4.69, 9.17) is 5.73 Å². The smallest absolute Gasteiger partial charge is 0.00433 e. The molecule has 0 aliphatic heterocycles. The molecule has 0 aromatic carbocycles. The summed E-state index contributed by atoms with van der Waals surface area (Å²) < 4.78 is 0. The molecule has 2 atom stereocenters. The molecule has 2 aliphatic carbocycles. The first kappa shape index (κ1) is 7.60. The lowest BCUT2D eigenvalue weighted by molar-refractivity contribution is 0.293. The fourth-order valence-corrected chi connectivity index (χ4v) is 3.36. The van der Waals surface area contributed by atoms with Gasteiger partial charge in [0, 0.05) is 0 Å². The Morgan fingerprint density at radius 3 is 2.45 bits per heavy atom. The zero-order valence-electron chi connectivity index (χ0n) is 7.69. The third-order valence-electron chi connectivity index (χ3n) is 4.22. The van der Waals surface area contributed by atoms with E-state index in [1.165, 1.54) is 25.7 Å². The Bertz CT molecular complexity index is 170. The van der Waals surface area contributed by atoms with Crippen LogP contribution in [-0.2, 0) is 0 Å². The van der Waals surface area contributed by atoms with Crippen molar-refractivity contribution < 1.29 is 0 Å². The van der Waals surface area contributed by atoms with Gasteiger partial charge in [-0.25, -0.2) is 0 Å². The van der Waals surface area contributed by atoms with Crippen molar-refractivity contribution in [3.05, 3.63) is 0 Å². The van der Waals surface area contributed by atoms with Gasteiger partial charge in [-0.1, -0.05) is 20.3 Å². The third-order valence-corrected chi connectivity index (χ3v) is 4.22. The summed E-state index contributed by atoms with van der Waals surface area (Å²) >= 11 is 0. The predicted molar refractivity (Wildman–Crippen MR) is 47.2 cm³/mol. The van der Waals surface area contributed by atoms with Crippen LogP contribution in [0.25, 0.3) is 0 Å². The molecule has 0 aromatic rings. The normalized spacial score (nSPS) is 46.6. The second-order valence-electron chi connectivity index (χ2n) is 5.04. The second kappa shape index (κ2) is 2.01. The first-order valence-corrected chi connectivity index (χ1v) is 4.82. The van der Waals surface area contributed by atoms with Crippen LogP contribution < -0.4 is 5.73 Å². The number of nitrogens with two attached hydrogens (primary N) is 1. The van der Waals surface area contributed by atoms with Crippen molar-refractivity contribution in [2.45, 2.75) is 39.5 Å². The summed E-state index contributed by atoms with van der Waals surface area (Å²) in [5.74, 6) is 0.845. The number of rotatable bonds is 1. The fourth-order valence-electron chi connectivity index (χ4n) is 3.36. The molecular weight excluding hydrogens is 134 g/mol. The minimum Gasteiger partial charge on any atom is -0.330 e. The quantitative estimate of drug-likeness (QED) is 0.614. The van der Waals surface area contributed by atoms with E-state index in [1.807, 2.05) is 0 Å². The minimum atomic E-state index is 0.619. The van der Waals surface area contributed by atoms with Crippen molar-refractivity contribution in [2.24, 2.45) is 22.5 Å². The van der Waals surface area contributed by atoms with Crippen LogP contribution >= 0.6 is 0 Å². The average Bonchev–Trinajstić information content (AvgIpc) is 2.38. The minimum absolute atomic E-state index is 0.619. The van der Waals surface area contributed by atoms with Gasteiger partial charge in [0.2, 0.25) is 0 Å². The highest BCUT2D eigenvalue weighted by atomic mass is 14.7. The van der Waals surface area contributed by atoms with Gasteiger partial charge in [-0.05, 0) is 42.6 Å². The van der Waals surface area contributed by atoms with Crippen molar-refractivity contribution in [1.82, 2.24) is 0 Å². The molecule has 1 nitrogen and oxygen atoms in total. The van der Waals surface area contributed by atoms with E-state index < -0.39 is 0 Å². The van der Waals surface area contributed by atoms with Gasteiger partial charge in [-0.2, -0.15) is 0 Å². The molecule has 2 unspecified atom stereocenters. The zero-order valence-corrected chi connectivity index (χ0v) is 7.69. The van der Waals surface area contributed by atoms with Crippen LogP contribution in [0.2, 0.25) is 0 Å². The van der Waals surface area contributed by atoms with Crippen LogP contribution in [-0.4, -0.2) is 6.54 Å². The molecule has 2 N–H and O–H groups in total. The Morgan fingerprint density at radius 1 is 1.45 bits per heavy atom. The van der Waals surface area contributed by atoms with Gasteiger partial charge >= 0.3 is 0 Å². The van der Waals surface area contributed by atoms with Crippen LogP contribution in [0, 0.1) is 16.7 Å². The number of hydrogen-bond acceptors (Lipinski definition) is 1. The van der Waals surface area contributed by atoms with Crippen LogP contribution in [0.3, 0.4) is 0 Å². The van der Waals surface area contributed by atoms with Gasteiger partial charge < -0.3 is 5.73 Å². The SMILES string of the molecule is CC1(C)CC12CCCC2CN. The summed E-state index contributed by atoms with van der Waals surface area (Å²) in [7, 11) is 0. The summed E-state index contributed by atoms with van der Waals surface area (Å²) in [6.07, 6.45) is 5.69. The van der Waals surface area contributed by atoms with Crippen molar-refractivity contribution in [1.29, 1.82) is 0 Å². The molecule has 2 aliphatic rings. The molecular formula is C10H19N. The zero-order chi connectivity index (χ0) is 8.11. The summed E-state index contributed by atoms with van der Waals surface area (Å²) in [6.45, 7) is 5.73. The monoisotopic (exact) mass is 153 g/mol. The lowest BCUT2D eigenvalue weighted by Gasteiger charge is -2.21. The first-order valence-electron chi connectivity index (χ1n) is 4.82. The average molecular weight is 153 g/mol. The summed E-state index contributed by atoms with van der Waals surface area (Å²) in [6, 6.07) is 0. The number of hydrogen-bond donors (Lipinski definition) is 1. The maximum atomic E-state index is 5.77. The highest BCUT2D eigenvalue weighted by Crippen LogP contribution is 2.73. The van der Waals surface area contributed by atoms with Crippen LogP contribution in [0.1, 0.15) is 39.5 Å².